The SMILES string of the molecule is O=C1OC(=O)C2C(c3ccccc3)C1C2c1ccccc1. The summed E-state index contributed by atoms with van der Waals surface area (Å²) in [5.74, 6) is -1.37. The highest BCUT2D eigenvalue weighted by atomic mass is 16.6. The van der Waals surface area contributed by atoms with E-state index in [1.807, 2.05) is 60.7 Å². The molecule has 0 N–H and O–H groups in total. The van der Waals surface area contributed by atoms with E-state index in [4.69, 9.17) is 4.74 Å². The van der Waals surface area contributed by atoms with Crippen LogP contribution in [0, 0.1) is 11.8 Å². The van der Waals surface area contributed by atoms with E-state index in [0.29, 0.717) is 0 Å². The lowest BCUT2D eigenvalue weighted by molar-refractivity contribution is -0.188. The molecular formula is C18H14O3. The van der Waals surface area contributed by atoms with Crippen LogP contribution in [0.4, 0.5) is 0 Å². The molecule has 3 nitrogen and oxygen atoms in total. The molecule has 1 aliphatic carbocycles. The summed E-state index contributed by atoms with van der Waals surface area (Å²) in [7, 11) is 0. The molecule has 2 aromatic carbocycles. The summed E-state index contributed by atoms with van der Waals surface area (Å²) in [6, 6.07) is 19.6. The third kappa shape index (κ3) is 1.74. The molecule has 2 bridgehead atoms. The van der Waals surface area contributed by atoms with Gasteiger partial charge in [-0.1, -0.05) is 60.7 Å². The monoisotopic (exact) mass is 278 g/mol. The summed E-state index contributed by atoms with van der Waals surface area (Å²) in [6.45, 7) is 0. The van der Waals surface area contributed by atoms with Crippen molar-refractivity contribution in [3.63, 3.8) is 0 Å². The van der Waals surface area contributed by atoms with Crippen LogP contribution >= 0.6 is 0 Å². The molecule has 21 heavy (non-hydrogen) atoms. The van der Waals surface area contributed by atoms with Crippen LogP contribution in [0.25, 0.3) is 0 Å². The topological polar surface area (TPSA) is 43.4 Å². The molecule has 0 amide bonds. The minimum Gasteiger partial charge on any atom is -0.393 e. The van der Waals surface area contributed by atoms with Gasteiger partial charge in [-0.25, -0.2) is 0 Å². The zero-order valence-electron chi connectivity index (χ0n) is 11.3. The largest absolute Gasteiger partial charge is 0.393 e. The number of hydrogen-bond acceptors (Lipinski definition) is 3. The highest BCUT2D eigenvalue weighted by molar-refractivity contribution is 5.97. The average Bonchev–Trinajstić information content (AvgIpc) is 2.48. The zero-order chi connectivity index (χ0) is 14.4. The predicted molar refractivity (Wildman–Crippen MR) is 76.4 cm³/mol. The van der Waals surface area contributed by atoms with E-state index in [1.54, 1.807) is 0 Å². The molecule has 104 valence electrons. The first kappa shape index (κ1) is 12.3. The van der Waals surface area contributed by atoms with Gasteiger partial charge in [-0.05, 0) is 11.1 Å². The van der Waals surface area contributed by atoms with Crippen LogP contribution in [0.5, 0.6) is 0 Å². The van der Waals surface area contributed by atoms with E-state index in [1.165, 1.54) is 0 Å². The van der Waals surface area contributed by atoms with Gasteiger partial charge < -0.3 is 4.74 Å². The Kier molecular flexibility index (Phi) is 2.67. The number of carbonyl (C=O) groups is 2. The van der Waals surface area contributed by atoms with E-state index in [9.17, 15) is 9.59 Å². The fraction of sp³-hybridized carbons (Fsp3) is 0.222. The molecule has 3 heteroatoms. The Balaban J connectivity index is 1.77. The molecule has 3 aliphatic rings. The van der Waals surface area contributed by atoms with E-state index >= 15 is 0 Å². The van der Waals surface area contributed by atoms with Crippen LogP contribution in [-0.4, -0.2) is 11.9 Å². The number of rotatable bonds is 2. The van der Waals surface area contributed by atoms with E-state index < -0.39 is 0 Å². The van der Waals surface area contributed by atoms with Crippen molar-refractivity contribution < 1.29 is 14.3 Å². The number of hydrogen-bond donors (Lipinski definition) is 0. The second-order valence-corrected chi connectivity index (χ2v) is 5.66. The fourth-order valence-corrected chi connectivity index (χ4v) is 3.75. The minimum absolute atomic E-state index is 0.0508. The molecule has 0 atom stereocenters. The fourth-order valence-electron chi connectivity index (χ4n) is 3.75. The van der Waals surface area contributed by atoms with Crippen molar-refractivity contribution in [2.45, 2.75) is 11.8 Å². The molecule has 0 spiro atoms. The maximum absolute atomic E-state index is 12.2. The third-order valence-electron chi connectivity index (χ3n) is 4.66. The van der Waals surface area contributed by atoms with Gasteiger partial charge in [0.15, 0.2) is 0 Å². The maximum Gasteiger partial charge on any atom is 0.317 e. The van der Waals surface area contributed by atoms with Crippen LogP contribution in [-0.2, 0) is 14.3 Å². The van der Waals surface area contributed by atoms with Gasteiger partial charge in [-0.3, -0.25) is 9.59 Å². The number of benzene rings is 2. The summed E-state index contributed by atoms with van der Waals surface area (Å²) in [5.41, 5.74) is 2.09. The summed E-state index contributed by atoms with van der Waals surface area (Å²) in [5, 5.41) is 0. The average molecular weight is 278 g/mol. The van der Waals surface area contributed by atoms with Crippen molar-refractivity contribution in [1.82, 2.24) is 0 Å². The van der Waals surface area contributed by atoms with Crippen molar-refractivity contribution in [2.24, 2.45) is 11.8 Å². The summed E-state index contributed by atoms with van der Waals surface area (Å²) in [4.78, 5) is 24.3. The maximum atomic E-state index is 12.2. The molecule has 0 radical (unpaired) electrons. The second kappa shape index (κ2) is 4.55. The van der Waals surface area contributed by atoms with E-state index in [-0.39, 0.29) is 35.6 Å². The molecule has 5 rings (SSSR count). The van der Waals surface area contributed by atoms with Crippen LogP contribution < -0.4 is 0 Å². The van der Waals surface area contributed by atoms with Gasteiger partial charge in [0.05, 0.1) is 11.8 Å². The van der Waals surface area contributed by atoms with E-state index in [0.717, 1.165) is 11.1 Å². The van der Waals surface area contributed by atoms with E-state index in [2.05, 4.69) is 0 Å². The Morgan fingerprint density at radius 3 is 1.33 bits per heavy atom. The molecule has 2 saturated heterocycles. The molecule has 2 aliphatic heterocycles. The lowest BCUT2D eigenvalue weighted by Gasteiger charge is -2.52. The van der Waals surface area contributed by atoms with Crippen molar-refractivity contribution in [3.8, 4) is 0 Å². The smallest absolute Gasteiger partial charge is 0.317 e. The molecule has 3 fully saturated rings. The predicted octanol–water partition coefficient (Wildman–Crippen LogP) is 2.88. The number of carbonyl (C=O) groups excluding carboxylic acids is 2. The summed E-state index contributed by atoms with van der Waals surface area (Å²) in [6.07, 6.45) is 0. The number of fused-ring (bicyclic) bond motifs is 2. The van der Waals surface area contributed by atoms with Crippen LogP contribution in [0.15, 0.2) is 60.7 Å². The Morgan fingerprint density at radius 2 is 0.952 bits per heavy atom. The van der Waals surface area contributed by atoms with Gasteiger partial charge in [0.2, 0.25) is 0 Å². The van der Waals surface area contributed by atoms with Gasteiger partial charge in [-0.15, -0.1) is 0 Å². The highest BCUT2D eigenvalue weighted by Crippen LogP contribution is 2.60. The Labute approximate surface area is 122 Å². The first-order valence-corrected chi connectivity index (χ1v) is 7.13. The van der Waals surface area contributed by atoms with Crippen LogP contribution in [0.1, 0.15) is 23.0 Å². The third-order valence-corrected chi connectivity index (χ3v) is 4.66. The molecule has 2 heterocycles. The van der Waals surface area contributed by atoms with Crippen molar-refractivity contribution in [2.75, 3.05) is 0 Å². The van der Waals surface area contributed by atoms with Gasteiger partial charge in [0.25, 0.3) is 0 Å². The van der Waals surface area contributed by atoms with Crippen molar-refractivity contribution in [1.29, 1.82) is 0 Å². The van der Waals surface area contributed by atoms with Crippen LogP contribution in [0.2, 0.25) is 0 Å². The van der Waals surface area contributed by atoms with Gasteiger partial charge in [0.1, 0.15) is 0 Å². The van der Waals surface area contributed by atoms with Gasteiger partial charge >= 0.3 is 11.9 Å². The Bertz CT molecular complexity index is 623. The van der Waals surface area contributed by atoms with Crippen molar-refractivity contribution >= 4 is 11.9 Å². The highest BCUT2D eigenvalue weighted by Gasteiger charge is 2.63. The summed E-state index contributed by atoms with van der Waals surface area (Å²) >= 11 is 0. The summed E-state index contributed by atoms with van der Waals surface area (Å²) < 4.78 is 4.87. The molecular weight excluding hydrogens is 264 g/mol. The number of ether oxygens (including phenoxy) is 1. The van der Waals surface area contributed by atoms with Gasteiger partial charge in [-0.2, -0.15) is 0 Å². The molecule has 1 saturated carbocycles. The van der Waals surface area contributed by atoms with Gasteiger partial charge in [0, 0.05) is 11.8 Å². The second-order valence-electron chi connectivity index (χ2n) is 5.66. The van der Waals surface area contributed by atoms with Crippen LogP contribution in [0.3, 0.4) is 0 Å². The molecule has 0 aromatic heterocycles. The Hall–Kier alpha value is -2.42. The molecule has 0 unspecified atom stereocenters. The lowest BCUT2D eigenvalue weighted by Crippen LogP contribution is -2.57. The first-order valence-electron chi connectivity index (χ1n) is 7.13. The number of esters is 2. The lowest BCUT2D eigenvalue weighted by atomic mass is 9.51. The van der Waals surface area contributed by atoms with Crippen molar-refractivity contribution in [3.05, 3.63) is 71.8 Å². The molecule has 2 aromatic rings. The minimum atomic E-state index is -0.384. The standard InChI is InChI=1S/C18H14O3/c19-17-15-13(11-7-3-1-4-8-11)16(18(20)21-17)14(15)12-9-5-2-6-10-12/h1-10,13-16H. The normalized spacial score (nSPS) is 30.5. The Morgan fingerprint density at radius 1 is 0.571 bits per heavy atom. The zero-order valence-corrected chi connectivity index (χ0v) is 11.3. The quantitative estimate of drug-likeness (QED) is 0.626. The first-order chi connectivity index (χ1) is 10.3.